The van der Waals surface area contributed by atoms with Crippen molar-refractivity contribution in [3.05, 3.63) is 70.9 Å². The molecule has 1 heterocycles. The number of esters is 1. The predicted octanol–water partition coefficient (Wildman–Crippen LogP) is 4.60. The van der Waals surface area contributed by atoms with Gasteiger partial charge in [0, 0.05) is 16.5 Å². The van der Waals surface area contributed by atoms with E-state index in [4.69, 9.17) is 9.47 Å². The lowest BCUT2D eigenvalue weighted by Gasteiger charge is -2.08. The summed E-state index contributed by atoms with van der Waals surface area (Å²) in [7, 11) is 2.78. The quantitative estimate of drug-likeness (QED) is 0.652. The van der Waals surface area contributed by atoms with E-state index in [0.29, 0.717) is 27.4 Å². The molecule has 138 valence electrons. The van der Waals surface area contributed by atoms with E-state index in [1.54, 1.807) is 41.8 Å². The molecule has 0 unspecified atom stereocenters. The number of hydrogen-bond acceptors (Lipinski definition) is 5. The van der Waals surface area contributed by atoms with Gasteiger partial charge >= 0.3 is 5.97 Å². The Morgan fingerprint density at radius 1 is 1.07 bits per heavy atom. The SMILES string of the molecule is COC(=O)c1c(-c2ccc(F)cc2)csc1NC(=O)c1cccc(OC)c1. The molecule has 0 spiro atoms. The minimum Gasteiger partial charge on any atom is -0.497 e. The summed E-state index contributed by atoms with van der Waals surface area (Å²) in [6.07, 6.45) is 0. The molecule has 0 aliphatic carbocycles. The second-order valence-corrected chi connectivity index (χ2v) is 6.42. The zero-order valence-electron chi connectivity index (χ0n) is 14.6. The number of methoxy groups -OCH3 is 2. The fourth-order valence-corrected chi connectivity index (χ4v) is 3.49. The standard InChI is InChI=1S/C20H16FNO4S/c1-25-15-5-3-4-13(10-15)18(23)22-19-17(20(24)26-2)16(11-27-19)12-6-8-14(21)9-7-12/h3-11H,1-2H3,(H,22,23). The van der Waals surface area contributed by atoms with Gasteiger partial charge in [0.25, 0.3) is 5.91 Å². The molecular weight excluding hydrogens is 369 g/mol. The first-order chi connectivity index (χ1) is 13.0. The molecule has 3 aromatic rings. The number of hydrogen-bond donors (Lipinski definition) is 1. The number of anilines is 1. The summed E-state index contributed by atoms with van der Waals surface area (Å²) in [5.41, 5.74) is 1.83. The average molecular weight is 385 g/mol. The smallest absolute Gasteiger partial charge is 0.341 e. The van der Waals surface area contributed by atoms with Crippen molar-refractivity contribution in [2.24, 2.45) is 0 Å². The fraction of sp³-hybridized carbons (Fsp3) is 0.100. The average Bonchev–Trinajstić information content (AvgIpc) is 3.11. The Morgan fingerprint density at radius 2 is 1.81 bits per heavy atom. The van der Waals surface area contributed by atoms with Crippen molar-refractivity contribution in [1.29, 1.82) is 0 Å². The molecule has 27 heavy (non-hydrogen) atoms. The number of thiophene rings is 1. The summed E-state index contributed by atoms with van der Waals surface area (Å²) in [5, 5.41) is 4.82. The largest absolute Gasteiger partial charge is 0.497 e. The first kappa shape index (κ1) is 18.6. The van der Waals surface area contributed by atoms with Gasteiger partial charge in [-0.3, -0.25) is 4.79 Å². The van der Waals surface area contributed by atoms with E-state index >= 15 is 0 Å². The number of rotatable bonds is 5. The van der Waals surface area contributed by atoms with Crippen LogP contribution in [0.4, 0.5) is 9.39 Å². The highest BCUT2D eigenvalue weighted by Gasteiger charge is 2.22. The van der Waals surface area contributed by atoms with Gasteiger partial charge in [0.2, 0.25) is 0 Å². The second kappa shape index (κ2) is 8.01. The molecule has 5 nitrogen and oxygen atoms in total. The number of carbonyl (C=O) groups excluding carboxylic acids is 2. The van der Waals surface area contributed by atoms with Crippen molar-refractivity contribution in [1.82, 2.24) is 0 Å². The van der Waals surface area contributed by atoms with E-state index in [1.807, 2.05) is 0 Å². The first-order valence-electron chi connectivity index (χ1n) is 7.94. The molecule has 1 N–H and O–H groups in total. The van der Waals surface area contributed by atoms with E-state index in [0.717, 1.165) is 0 Å². The van der Waals surface area contributed by atoms with Gasteiger partial charge in [0.15, 0.2) is 0 Å². The van der Waals surface area contributed by atoms with Crippen LogP contribution in [0.3, 0.4) is 0 Å². The van der Waals surface area contributed by atoms with E-state index in [9.17, 15) is 14.0 Å². The number of benzene rings is 2. The van der Waals surface area contributed by atoms with Crippen molar-refractivity contribution >= 4 is 28.2 Å². The second-order valence-electron chi connectivity index (χ2n) is 5.54. The zero-order valence-corrected chi connectivity index (χ0v) is 15.4. The van der Waals surface area contributed by atoms with Crippen LogP contribution in [-0.4, -0.2) is 26.1 Å². The molecule has 1 amide bonds. The monoisotopic (exact) mass is 385 g/mol. The molecule has 0 atom stereocenters. The molecule has 0 saturated carbocycles. The normalized spacial score (nSPS) is 10.3. The molecule has 7 heteroatoms. The maximum Gasteiger partial charge on any atom is 0.341 e. The first-order valence-corrected chi connectivity index (χ1v) is 8.82. The van der Waals surface area contributed by atoms with Crippen molar-refractivity contribution in [2.45, 2.75) is 0 Å². The van der Waals surface area contributed by atoms with Gasteiger partial charge < -0.3 is 14.8 Å². The highest BCUT2D eigenvalue weighted by molar-refractivity contribution is 7.15. The van der Waals surface area contributed by atoms with Crippen molar-refractivity contribution in [3.8, 4) is 16.9 Å². The molecule has 0 aliphatic heterocycles. The maximum absolute atomic E-state index is 13.2. The third-order valence-electron chi connectivity index (χ3n) is 3.89. The van der Waals surface area contributed by atoms with Crippen molar-refractivity contribution < 1.29 is 23.5 Å². The van der Waals surface area contributed by atoms with Gasteiger partial charge in [-0.1, -0.05) is 18.2 Å². The summed E-state index contributed by atoms with van der Waals surface area (Å²) >= 11 is 1.19. The maximum atomic E-state index is 13.2. The van der Waals surface area contributed by atoms with Crippen LogP contribution in [0.2, 0.25) is 0 Å². The minimum atomic E-state index is -0.587. The topological polar surface area (TPSA) is 64.6 Å². The number of amides is 1. The molecule has 0 fully saturated rings. The summed E-state index contributed by atoms with van der Waals surface area (Å²) in [5.74, 6) is -0.794. The predicted molar refractivity (Wildman–Crippen MR) is 102 cm³/mol. The molecule has 0 radical (unpaired) electrons. The van der Waals surface area contributed by atoms with E-state index in [1.165, 1.54) is 37.7 Å². The van der Waals surface area contributed by atoms with Crippen LogP contribution in [0.15, 0.2) is 53.9 Å². The third-order valence-corrected chi connectivity index (χ3v) is 4.79. The Labute approximate surface area is 159 Å². The summed E-state index contributed by atoms with van der Waals surface area (Å²) in [6.45, 7) is 0. The third kappa shape index (κ3) is 3.98. The van der Waals surface area contributed by atoms with Gasteiger partial charge in [0.05, 0.1) is 14.2 Å². The highest BCUT2D eigenvalue weighted by Crippen LogP contribution is 2.36. The zero-order chi connectivity index (χ0) is 19.4. The molecule has 0 bridgehead atoms. The molecular formula is C20H16FNO4S. The lowest BCUT2D eigenvalue weighted by molar-refractivity contribution is 0.0603. The number of halogens is 1. The summed E-state index contributed by atoms with van der Waals surface area (Å²) in [6, 6.07) is 12.4. The number of nitrogens with one attached hydrogen (secondary N) is 1. The van der Waals surface area contributed by atoms with Crippen LogP contribution in [0.25, 0.3) is 11.1 Å². The Kier molecular flexibility index (Phi) is 5.52. The van der Waals surface area contributed by atoms with Crippen LogP contribution < -0.4 is 10.1 Å². The van der Waals surface area contributed by atoms with Crippen LogP contribution in [0.5, 0.6) is 5.75 Å². The summed E-state index contributed by atoms with van der Waals surface area (Å²) in [4.78, 5) is 24.9. The number of carbonyl (C=O) groups is 2. The Balaban J connectivity index is 1.96. The van der Waals surface area contributed by atoms with Gasteiger partial charge in [-0.15, -0.1) is 11.3 Å². The molecule has 0 aliphatic rings. The van der Waals surface area contributed by atoms with Crippen molar-refractivity contribution in [2.75, 3.05) is 19.5 Å². The van der Waals surface area contributed by atoms with E-state index < -0.39 is 5.97 Å². The van der Waals surface area contributed by atoms with Gasteiger partial charge in [-0.25, -0.2) is 9.18 Å². The van der Waals surface area contributed by atoms with E-state index in [2.05, 4.69) is 5.32 Å². The van der Waals surface area contributed by atoms with Gasteiger partial charge in [0.1, 0.15) is 22.1 Å². The molecule has 1 aromatic heterocycles. The van der Waals surface area contributed by atoms with Crippen LogP contribution in [0, 0.1) is 5.82 Å². The lowest BCUT2D eigenvalue weighted by atomic mass is 10.0. The fourth-order valence-electron chi connectivity index (χ4n) is 2.54. The molecule has 0 saturated heterocycles. The van der Waals surface area contributed by atoms with Crippen molar-refractivity contribution in [3.63, 3.8) is 0 Å². The summed E-state index contributed by atoms with van der Waals surface area (Å²) < 4.78 is 23.2. The Bertz CT molecular complexity index is 982. The molecule has 3 rings (SSSR count). The van der Waals surface area contributed by atoms with Gasteiger partial charge in [-0.05, 0) is 35.9 Å². The van der Waals surface area contributed by atoms with Crippen LogP contribution in [0.1, 0.15) is 20.7 Å². The Morgan fingerprint density at radius 3 is 2.48 bits per heavy atom. The lowest BCUT2D eigenvalue weighted by Crippen LogP contribution is -2.14. The van der Waals surface area contributed by atoms with E-state index in [-0.39, 0.29) is 17.3 Å². The minimum absolute atomic E-state index is 0.227. The van der Waals surface area contributed by atoms with Crippen LogP contribution >= 0.6 is 11.3 Å². The Hall–Kier alpha value is -3.19. The molecule has 2 aromatic carbocycles. The number of ether oxygens (including phenoxy) is 2. The highest BCUT2D eigenvalue weighted by atomic mass is 32.1. The van der Waals surface area contributed by atoms with Gasteiger partial charge in [-0.2, -0.15) is 0 Å². The van der Waals surface area contributed by atoms with Crippen LogP contribution in [-0.2, 0) is 4.74 Å².